The zero-order valence-electron chi connectivity index (χ0n) is 12.4. The lowest BCUT2D eigenvalue weighted by molar-refractivity contribution is -0.135. The number of anilines is 1. The molecule has 1 aromatic rings. The number of rotatable bonds is 5. The van der Waals surface area contributed by atoms with Crippen LogP contribution in [0.15, 0.2) is 10.5 Å². The molecule has 0 radical (unpaired) electrons. The third kappa shape index (κ3) is 4.42. The molecule has 0 atom stereocenters. The summed E-state index contributed by atoms with van der Waals surface area (Å²) in [7, 11) is 0. The lowest BCUT2D eigenvalue weighted by atomic mass is 9.89. The van der Waals surface area contributed by atoms with Gasteiger partial charge < -0.3 is 15.3 Å². The first-order valence-corrected chi connectivity index (χ1v) is 8.10. The Kier molecular flexibility index (Phi) is 5.55. The van der Waals surface area contributed by atoms with Gasteiger partial charge in [0, 0.05) is 5.38 Å². The molecule has 0 saturated heterocycles. The highest BCUT2D eigenvalue weighted by Crippen LogP contribution is 2.26. The first-order chi connectivity index (χ1) is 10.1. The Balaban J connectivity index is 2.07. The average molecular weight is 311 g/mol. The van der Waals surface area contributed by atoms with E-state index in [1.54, 1.807) is 12.3 Å². The molecule has 1 aromatic heterocycles. The number of nitrogens with two attached hydrogens (primary N) is 1. The first kappa shape index (κ1) is 15.8. The number of aromatic nitrogens is 1. The summed E-state index contributed by atoms with van der Waals surface area (Å²) < 4.78 is 5.00. The minimum Gasteiger partial charge on any atom is -0.461 e. The molecular formula is C14H21N3O3S. The van der Waals surface area contributed by atoms with E-state index in [1.165, 1.54) is 11.3 Å². The standard InChI is InChI=1S/C14H21N3O3S/c1-3-19-13(18)12(11-8-21-14(15)16-11)17-20-10-6-4-9(2)5-7-10/h8-10H,3-7H2,1-2H3,(H2,15,16)/b17-12-/t9-,10-. The number of nitrogen functional groups attached to an aromatic ring is 1. The van der Waals surface area contributed by atoms with E-state index in [2.05, 4.69) is 17.1 Å². The van der Waals surface area contributed by atoms with Gasteiger partial charge in [0.05, 0.1) is 6.61 Å². The Hall–Kier alpha value is -1.63. The summed E-state index contributed by atoms with van der Waals surface area (Å²) in [5, 5.41) is 6.07. The number of ether oxygens (including phenoxy) is 1. The molecule has 116 valence electrons. The second-order valence-corrected chi connectivity index (χ2v) is 6.11. The summed E-state index contributed by atoms with van der Waals surface area (Å²) in [6.45, 7) is 4.26. The second kappa shape index (κ2) is 7.40. The Morgan fingerprint density at radius 3 is 2.76 bits per heavy atom. The molecule has 1 heterocycles. The van der Waals surface area contributed by atoms with E-state index in [4.69, 9.17) is 15.3 Å². The smallest absolute Gasteiger partial charge is 0.362 e. The maximum atomic E-state index is 12.0. The predicted molar refractivity (Wildman–Crippen MR) is 82.2 cm³/mol. The van der Waals surface area contributed by atoms with Crippen molar-refractivity contribution in [1.29, 1.82) is 0 Å². The van der Waals surface area contributed by atoms with E-state index in [-0.39, 0.29) is 18.4 Å². The van der Waals surface area contributed by atoms with Crippen LogP contribution in [0, 0.1) is 5.92 Å². The van der Waals surface area contributed by atoms with Gasteiger partial charge in [0.1, 0.15) is 11.8 Å². The van der Waals surface area contributed by atoms with Crippen LogP contribution in [0.25, 0.3) is 0 Å². The van der Waals surface area contributed by atoms with Gasteiger partial charge in [-0.3, -0.25) is 0 Å². The molecule has 21 heavy (non-hydrogen) atoms. The monoisotopic (exact) mass is 311 g/mol. The average Bonchev–Trinajstić information content (AvgIpc) is 2.88. The molecule has 6 nitrogen and oxygen atoms in total. The molecule has 7 heteroatoms. The fourth-order valence-electron chi connectivity index (χ4n) is 2.25. The Bertz CT molecular complexity index is 507. The van der Waals surface area contributed by atoms with Crippen molar-refractivity contribution >= 4 is 28.1 Å². The van der Waals surface area contributed by atoms with Crippen LogP contribution >= 0.6 is 11.3 Å². The van der Waals surface area contributed by atoms with Gasteiger partial charge in [0.15, 0.2) is 5.13 Å². The van der Waals surface area contributed by atoms with Crippen molar-refractivity contribution in [3.05, 3.63) is 11.1 Å². The van der Waals surface area contributed by atoms with Crippen molar-refractivity contribution in [3.8, 4) is 0 Å². The van der Waals surface area contributed by atoms with Gasteiger partial charge in [-0.1, -0.05) is 12.1 Å². The van der Waals surface area contributed by atoms with Crippen LogP contribution in [0.3, 0.4) is 0 Å². The molecule has 0 spiro atoms. The van der Waals surface area contributed by atoms with Gasteiger partial charge in [0.25, 0.3) is 0 Å². The van der Waals surface area contributed by atoms with Crippen molar-refractivity contribution < 1.29 is 14.4 Å². The molecule has 0 aromatic carbocycles. The largest absolute Gasteiger partial charge is 0.461 e. The van der Waals surface area contributed by atoms with Gasteiger partial charge >= 0.3 is 5.97 Å². The molecule has 0 amide bonds. The highest BCUT2D eigenvalue weighted by molar-refractivity contribution is 7.13. The Morgan fingerprint density at radius 1 is 1.48 bits per heavy atom. The fourth-order valence-corrected chi connectivity index (χ4v) is 2.79. The number of nitrogens with zero attached hydrogens (tertiary/aromatic N) is 2. The van der Waals surface area contributed by atoms with Gasteiger partial charge in [-0.15, -0.1) is 11.3 Å². The maximum absolute atomic E-state index is 12.0. The summed E-state index contributed by atoms with van der Waals surface area (Å²) in [6, 6.07) is 0. The molecule has 1 fully saturated rings. The summed E-state index contributed by atoms with van der Waals surface area (Å²) in [5.41, 5.74) is 6.09. The summed E-state index contributed by atoms with van der Waals surface area (Å²) in [4.78, 5) is 21.6. The highest BCUT2D eigenvalue weighted by atomic mass is 32.1. The van der Waals surface area contributed by atoms with E-state index < -0.39 is 5.97 Å². The van der Waals surface area contributed by atoms with Crippen LogP contribution in [-0.2, 0) is 14.4 Å². The van der Waals surface area contributed by atoms with E-state index in [0.717, 1.165) is 31.6 Å². The number of esters is 1. The van der Waals surface area contributed by atoms with Crippen molar-refractivity contribution in [1.82, 2.24) is 4.98 Å². The molecule has 0 aliphatic heterocycles. The molecular weight excluding hydrogens is 290 g/mol. The summed E-state index contributed by atoms with van der Waals surface area (Å²) >= 11 is 1.25. The van der Waals surface area contributed by atoms with Crippen molar-refractivity contribution in [3.63, 3.8) is 0 Å². The maximum Gasteiger partial charge on any atom is 0.362 e. The van der Waals surface area contributed by atoms with Crippen LogP contribution in [0.1, 0.15) is 45.2 Å². The third-order valence-electron chi connectivity index (χ3n) is 3.49. The van der Waals surface area contributed by atoms with Crippen LogP contribution in [-0.4, -0.2) is 29.4 Å². The minimum atomic E-state index is -0.535. The van der Waals surface area contributed by atoms with Crippen LogP contribution in [0.2, 0.25) is 0 Å². The lowest BCUT2D eigenvalue weighted by Gasteiger charge is -2.24. The van der Waals surface area contributed by atoms with E-state index in [9.17, 15) is 4.79 Å². The van der Waals surface area contributed by atoms with Crippen molar-refractivity contribution in [2.45, 2.75) is 45.6 Å². The molecule has 2 rings (SSSR count). The number of hydrogen-bond acceptors (Lipinski definition) is 7. The number of carbonyl (C=O) groups is 1. The molecule has 0 bridgehead atoms. The summed E-state index contributed by atoms with van der Waals surface area (Å²) in [5.74, 6) is 0.198. The zero-order valence-corrected chi connectivity index (χ0v) is 13.2. The zero-order chi connectivity index (χ0) is 15.2. The van der Waals surface area contributed by atoms with E-state index in [1.807, 2.05) is 0 Å². The molecule has 1 aliphatic rings. The first-order valence-electron chi connectivity index (χ1n) is 7.22. The SMILES string of the molecule is CCOC(=O)/C(=N\O[C@H]1CC[C@H](C)CC1)c1csc(N)n1. The van der Waals surface area contributed by atoms with Crippen molar-refractivity contribution in [2.75, 3.05) is 12.3 Å². The third-order valence-corrected chi connectivity index (χ3v) is 4.16. The van der Waals surface area contributed by atoms with Crippen LogP contribution < -0.4 is 5.73 Å². The normalized spacial score (nSPS) is 22.9. The van der Waals surface area contributed by atoms with E-state index in [0.29, 0.717) is 10.8 Å². The molecule has 1 saturated carbocycles. The fraction of sp³-hybridized carbons (Fsp3) is 0.643. The van der Waals surface area contributed by atoms with Gasteiger partial charge in [-0.2, -0.15) is 0 Å². The number of oxime groups is 1. The van der Waals surface area contributed by atoms with Crippen molar-refractivity contribution in [2.24, 2.45) is 11.1 Å². The number of hydrogen-bond donors (Lipinski definition) is 1. The predicted octanol–water partition coefficient (Wildman–Crippen LogP) is 2.59. The van der Waals surface area contributed by atoms with Gasteiger partial charge in [-0.05, 0) is 38.5 Å². The van der Waals surface area contributed by atoms with Crippen LogP contribution in [0.4, 0.5) is 5.13 Å². The second-order valence-electron chi connectivity index (χ2n) is 5.22. The van der Waals surface area contributed by atoms with E-state index >= 15 is 0 Å². The molecule has 1 aliphatic carbocycles. The Morgan fingerprint density at radius 2 is 2.19 bits per heavy atom. The van der Waals surface area contributed by atoms with Crippen LogP contribution in [0.5, 0.6) is 0 Å². The topological polar surface area (TPSA) is 86.8 Å². The Labute approximate surface area is 128 Å². The van der Waals surface area contributed by atoms with Gasteiger partial charge in [0.2, 0.25) is 5.71 Å². The number of thiazole rings is 1. The minimum absolute atomic E-state index is 0.0570. The molecule has 0 unspecified atom stereocenters. The number of carbonyl (C=O) groups excluding carboxylic acids is 1. The highest BCUT2D eigenvalue weighted by Gasteiger charge is 2.23. The lowest BCUT2D eigenvalue weighted by Crippen LogP contribution is -2.23. The quantitative estimate of drug-likeness (QED) is 0.513. The van der Waals surface area contributed by atoms with Gasteiger partial charge in [-0.25, -0.2) is 9.78 Å². The summed E-state index contributed by atoms with van der Waals surface area (Å²) in [6.07, 6.45) is 4.22. The molecule has 2 N–H and O–H groups in total.